The van der Waals surface area contributed by atoms with Crippen LogP contribution in [0.25, 0.3) is 11.4 Å². The molecule has 2 aromatic heterocycles. The van der Waals surface area contributed by atoms with Gasteiger partial charge in [-0.05, 0) is 31.4 Å². The molecular formula is C13H16N4O3. The van der Waals surface area contributed by atoms with Crippen LogP contribution in [0.2, 0.25) is 0 Å². The molecule has 0 aliphatic carbocycles. The van der Waals surface area contributed by atoms with E-state index in [0.717, 1.165) is 19.3 Å². The predicted octanol–water partition coefficient (Wildman–Crippen LogP) is 1.20. The summed E-state index contributed by atoms with van der Waals surface area (Å²) in [6.45, 7) is 0.705. The summed E-state index contributed by atoms with van der Waals surface area (Å²) in [6.07, 6.45) is 3.96. The molecule has 0 aromatic carbocycles. The minimum absolute atomic E-state index is 0.0918. The van der Waals surface area contributed by atoms with Gasteiger partial charge in [-0.15, -0.1) is 5.10 Å². The van der Waals surface area contributed by atoms with Crippen LogP contribution in [0.1, 0.15) is 29.8 Å². The van der Waals surface area contributed by atoms with E-state index in [2.05, 4.69) is 15.3 Å². The second-order valence-corrected chi connectivity index (χ2v) is 4.31. The highest BCUT2D eigenvalue weighted by Crippen LogP contribution is 2.20. The molecule has 0 unspecified atom stereocenters. The first-order chi connectivity index (χ1) is 9.74. The second kappa shape index (κ2) is 6.76. The zero-order valence-electron chi connectivity index (χ0n) is 10.9. The summed E-state index contributed by atoms with van der Waals surface area (Å²) in [6, 6.07) is 5.28. The van der Waals surface area contributed by atoms with E-state index in [9.17, 15) is 9.90 Å². The lowest BCUT2D eigenvalue weighted by molar-refractivity contribution is 0.0691. The lowest BCUT2D eigenvalue weighted by atomic mass is 10.2. The first-order valence-corrected chi connectivity index (χ1v) is 6.43. The van der Waals surface area contributed by atoms with Crippen LogP contribution in [0, 0.1) is 0 Å². The Morgan fingerprint density at radius 2 is 2.10 bits per heavy atom. The number of hydrogen-bond donors (Lipinski definition) is 2. The number of carboxylic acid groups (broad SMARTS) is 1. The highest BCUT2D eigenvalue weighted by Gasteiger charge is 2.21. The number of carboxylic acids is 1. The summed E-state index contributed by atoms with van der Waals surface area (Å²) < 4.78 is 1.56. The van der Waals surface area contributed by atoms with Crippen molar-refractivity contribution in [2.24, 2.45) is 0 Å². The molecule has 0 atom stereocenters. The molecule has 0 saturated carbocycles. The van der Waals surface area contributed by atoms with Crippen LogP contribution in [0.3, 0.4) is 0 Å². The molecule has 0 radical (unpaired) electrons. The number of carbonyl (C=O) groups is 1. The minimum atomic E-state index is -1.12. The predicted molar refractivity (Wildman–Crippen MR) is 71.1 cm³/mol. The van der Waals surface area contributed by atoms with E-state index >= 15 is 0 Å². The molecule has 0 aliphatic rings. The number of pyridine rings is 1. The van der Waals surface area contributed by atoms with Crippen LogP contribution in [0.15, 0.2) is 24.4 Å². The molecule has 106 valence electrons. The summed E-state index contributed by atoms with van der Waals surface area (Å²) >= 11 is 0. The van der Waals surface area contributed by atoms with E-state index in [1.54, 1.807) is 29.1 Å². The maximum atomic E-state index is 11.2. The average molecular weight is 276 g/mol. The van der Waals surface area contributed by atoms with Gasteiger partial charge in [-0.25, -0.2) is 9.48 Å². The normalized spacial score (nSPS) is 10.7. The molecule has 0 saturated heterocycles. The molecule has 7 nitrogen and oxygen atoms in total. The van der Waals surface area contributed by atoms with Gasteiger partial charge in [0, 0.05) is 19.3 Å². The number of unbranched alkanes of at least 4 members (excludes halogenated alkanes) is 2. The fraction of sp³-hybridized carbons (Fsp3) is 0.385. The molecule has 2 heterocycles. The number of aliphatic hydroxyl groups excluding tert-OH is 1. The van der Waals surface area contributed by atoms with Crippen LogP contribution in [-0.4, -0.2) is 42.8 Å². The Morgan fingerprint density at radius 1 is 1.25 bits per heavy atom. The van der Waals surface area contributed by atoms with Crippen molar-refractivity contribution in [2.45, 2.75) is 25.8 Å². The SMILES string of the molecule is O=C(O)c1nnn(CCCCCO)c1-c1ccccn1. The van der Waals surface area contributed by atoms with Gasteiger partial charge in [0.1, 0.15) is 5.69 Å². The van der Waals surface area contributed by atoms with Crippen molar-refractivity contribution in [2.75, 3.05) is 6.61 Å². The fourth-order valence-corrected chi connectivity index (χ4v) is 1.92. The molecule has 0 amide bonds. The number of aromatic nitrogens is 4. The molecule has 0 fully saturated rings. The average Bonchev–Trinajstić information content (AvgIpc) is 2.88. The van der Waals surface area contributed by atoms with Gasteiger partial charge in [0.05, 0.1) is 5.69 Å². The van der Waals surface area contributed by atoms with Crippen LogP contribution >= 0.6 is 0 Å². The van der Waals surface area contributed by atoms with Crippen molar-refractivity contribution in [1.82, 2.24) is 20.0 Å². The van der Waals surface area contributed by atoms with E-state index in [1.165, 1.54) is 0 Å². The number of aromatic carboxylic acids is 1. The molecule has 7 heteroatoms. The van der Waals surface area contributed by atoms with Crippen molar-refractivity contribution < 1.29 is 15.0 Å². The number of aryl methyl sites for hydroxylation is 1. The highest BCUT2D eigenvalue weighted by molar-refractivity contribution is 5.92. The Hall–Kier alpha value is -2.28. The highest BCUT2D eigenvalue weighted by atomic mass is 16.4. The Labute approximate surface area is 115 Å². The van der Waals surface area contributed by atoms with E-state index in [0.29, 0.717) is 17.9 Å². The van der Waals surface area contributed by atoms with Crippen LogP contribution < -0.4 is 0 Å². The molecule has 20 heavy (non-hydrogen) atoms. The van der Waals surface area contributed by atoms with Gasteiger partial charge < -0.3 is 10.2 Å². The topological polar surface area (TPSA) is 101 Å². The molecule has 0 aliphatic heterocycles. The van der Waals surface area contributed by atoms with Crippen molar-refractivity contribution >= 4 is 5.97 Å². The quantitative estimate of drug-likeness (QED) is 0.737. The smallest absolute Gasteiger partial charge is 0.358 e. The van der Waals surface area contributed by atoms with Gasteiger partial charge in [0.15, 0.2) is 5.69 Å². The number of rotatable bonds is 7. The molecule has 2 rings (SSSR count). The zero-order chi connectivity index (χ0) is 14.4. The maximum Gasteiger partial charge on any atom is 0.358 e. The van der Waals surface area contributed by atoms with Gasteiger partial charge >= 0.3 is 5.97 Å². The fourth-order valence-electron chi connectivity index (χ4n) is 1.92. The molecule has 2 N–H and O–H groups in total. The van der Waals surface area contributed by atoms with Crippen LogP contribution in [-0.2, 0) is 6.54 Å². The maximum absolute atomic E-state index is 11.2. The summed E-state index contributed by atoms with van der Waals surface area (Å²) in [4.78, 5) is 15.4. The molecular weight excluding hydrogens is 260 g/mol. The second-order valence-electron chi connectivity index (χ2n) is 4.31. The summed E-state index contributed by atoms with van der Waals surface area (Å²) in [5.74, 6) is -1.12. The molecule has 0 bridgehead atoms. The van der Waals surface area contributed by atoms with Gasteiger partial charge in [-0.3, -0.25) is 4.98 Å². The van der Waals surface area contributed by atoms with Crippen LogP contribution in [0.5, 0.6) is 0 Å². The van der Waals surface area contributed by atoms with Gasteiger partial charge in [0.25, 0.3) is 0 Å². The van der Waals surface area contributed by atoms with Crippen LogP contribution in [0.4, 0.5) is 0 Å². The van der Waals surface area contributed by atoms with E-state index in [1.807, 2.05) is 0 Å². The molecule has 2 aromatic rings. The van der Waals surface area contributed by atoms with Gasteiger partial charge in [-0.1, -0.05) is 11.3 Å². The van der Waals surface area contributed by atoms with Crippen molar-refractivity contribution in [3.8, 4) is 11.4 Å². The first kappa shape index (κ1) is 14.1. The summed E-state index contributed by atoms with van der Waals surface area (Å²) in [5.41, 5.74) is 0.866. The Kier molecular flexibility index (Phi) is 4.78. The van der Waals surface area contributed by atoms with Gasteiger partial charge in [-0.2, -0.15) is 0 Å². The third-order valence-corrected chi connectivity index (χ3v) is 2.87. The van der Waals surface area contributed by atoms with E-state index in [4.69, 9.17) is 5.11 Å². The van der Waals surface area contributed by atoms with Crippen molar-refractivity contribution in [3.63, 3.8) is 0 Å². The Morgan fingerprint density at radius 3 is 2.75 bits per heavy atom. The Balaban J connectivity index is 2.26. The van der Waals surface area contributed by atoms with Crippen molar-refractivity contribution in [1.29, 1.82) is 0 Å². The molecule has 0 spiro atoms. The zero-order valence-corrected chi connectivity index (χ0v) is 10.9. The first-order valence-electron chi connectivity index (χ1n) is 6.43. The minimum Gasteiger partial charge on any atom is -0.476 e. The third kappa shape index (κ3) is 3.18. The standard InChI is InChI=1S/C13H16N4O3/c18-9-5-1-4-8-17-12(10-6-2-3-7-14-10)11(13(19)20)15-16-17/h2-3,6-7,18H,1,4-5,8-9H2,(H,19,20). The van der Waals surface area contributed by atoms with E-state index < -0.39 is 5.97 Å². The lowest BCUT2D eigenvalue weighted by Gasteiger charge is -2.06. The largest absolute Gasteiger partial charge is 0.476 e. The third-order valence-electron chi connectivity index (χ3n) is 2.87. The monoisotopic (exact) mass is 276 g/mol. The Bertz CT molecular complexity index is 568. The summed E-state index contributed by atoms with van der Waals surface area (Å²) in [7, 11) is 0. The van der Waals surface area contributed by atoms with Crippen molar-refractivity contribution in [3.05, 3.63) is 30.1 Å². The number of aliphatic hydroxyl groups is 1. The number of nitrogens with zero attached hydrogens (tertiary/aromatic N) is 4. The summed E-state index contributed by atoms with van der Waals surface area (Å²) in [5, 5.41) is 25.5. The van der Waals surface area contributed by atoms with Gasteiger partial charge in [0.2, 0.25) is 0 Å². The number of hydrogen-bond acceptors (Lipinski definition) is 5. The lowest BCUT2D eigenvalue weighted by Crippen LogP contribution is -2.06. The van der Waals surface area contributed by atoms with E-state index in [-0.39, 0.29) is 12.3 Å².